The van der Waals surface area contributed by atoms with Crippen molar-refractivity contribution in [2.75, 3.05) is 6.54 Å². The van der Waals surface area contributed by atoms with Gasteiger partial charge >= 0.3 is 0 Å². The second-order valence-electron chi connectivity index (χ2n) is 7.66. The van der Waals surface area contributed by atoms with E-state index in [0.717, 1.165) is 11.1 Å². The predicted octanol–water partition coefficient (Wildman–Crippen LogP) is 3.54. The zero-order valence-electron chi connectivity index (χ0n) is 17.0. The molecule has 0 aliphatic rings. The number of carbonyl (C=O) groups is 1. The molecule has 0 radical (unpaired) electrons. The average Bonchev–Trinajstić information content (AvgIpc) is 3.43. The summed E-state index contributed by atoms with van der Waals surface area (Å²) >= 11 is 0. The van der Waals surface area contributed by atoms with Gasteiger partial charge in [-0.05, 0) is 12.1 Å². The Hall–Kier alpha value is -3.81. The van der Waals surface area contributed by atoms with Crippen molar-refractivity contribution in [1.82, 2.24) is 30.6 Å². The van der Waals surface area contributed by atoms with Gasteiger partial charge in [-0.1, -0.05) is 61.5 Å². The Morgan fingerprint density at radius 3 is 2.53 bits per heavy atom. The maximum absolute atomic E-state index is 12.7. The molecule has 0 fully saturated rings. The largest absolute Gasteiger partial charge is 0.351 e. The molecule has 2 heterocycles. The lowest BCUT2D eigenvalue weighted by atomic mass is 9.92. The number of aromatic nitrogens is 5. The molecule has 4 rings (SSSR count). The van der Waals surface area contributed by atoms with E-state index in [4.69, 9.17) is 4.52 Å². The van der Waals surface area contributed by atoms with Crippen LogP contribution in [0.3, 0.4) is 0 Å². The van der Waals surface area contributed by atoms with Gasteiger partial charge in [-0.15, -0.1) is 0 Å². The van der Waals surface area contributed by atoms with E-state index in [-0.39, 0.29) is 5.91 Å². The van der Waals surface area contributed by atoms with E-state index in [1.165, 1.54) is 0 Å². The molecule has 2 N–H and O–H groups in total. The number of hydrogen-bond acceptors (Lipinski definition) is 6. The van der Waals surface area contributed by atoms with Crippen LogP contribution in [0.2, 0.25) is 0 Å². The molecule has 0 saturated carbocycles. The standard InChI is InChI=1S/C22H22N6O2/c1-14-24-19(28-30-14)16-10-7-11-17(12-16)20(29)23-13-22(2,3)21-25-18(26-27-21)15-8-5-4-6-9-15/h4-12H,13H2,1-3H3,(H,23,29)(H,25,26,27). The summed E-state index contributed by atoms with van der Waals surface area (Å²) in [6.45, 7) is 6.12. The number of nitrogens with zero attached hydrogens (tertiary/aromatic N) is 4. The van der Waals surface area contributed by atoms with E-state index in [0.29, 0.717) is 35.5 Å². The van der Waals surface area contributed by atoms with E-state index < -0.39 is 5.41 Å². The first-order valence-corrected chi connectivity index (χ1v) is 9.60. The normalized spacial score (nSPS) is 11.4. The van der Waals surface area contributed by atoms with Crippen molar-refractivity contribution in [3.05, 3.63) is 71.9 Å². The number of aromatic amines is 1. The Morgan fingerprint density at radius 2 is 1.80 bits per heavy atom. The molecule has 8 heteroatoms. The molecule has 0 bridgehead atoms. The fraction of sp³-hybridized carbons (Fsp3) is 0.227. The van der Waals surface area contributed by atoms with E-state index in [9.17, 15) is 4.79 Å². The van der Waals surface area contributed by atoms with Gasteiger partial charge in [0.05, 0.1) is 0 Å². The van der Waals surface area contributed by atoms with Crippen molar-refractivity contribution in [3.8, 4) is 22.8 Å². The molecule has 2 aromatic heterocycles. The highest BCUT2D eigenvalue weighted by Crippen LogP contribution is 2.22. The van der Waals surface area contributed by atoms with Crippen LogP contribution in [0.5, 0.6) is 0 Å². The van der Waals surface area contributed by atoms with Crippen molar-refractivity contribution in [2.45, 2.75) is 26.2 Å². The molecule has 0 aliphatic heterocycles. The first-order valence-electron chi connectivity index (χ1n) is 9.60. The summed E-state index contributed by atoms with van der Waals surface area (Å²) in [6, 6.07) is 16.9. The third-order valence-corrected chi connectivity index (χ3v) is 4.76. The van der Waals surface area contributed by atoms with Gasteiger partial charge < -0.3 is 9.84 Å². The topological polar surface area (TPSA) is 110 Å². The first-order chi connectivity index (χ1) is 14.4. The Bertz CT molecular complexity index is 1160. The van der Waals surface area contributed by atoms with Crippen molar-refractivity contribution in [2.24, 2.45) is 0 Å². The summed E-state index contributed by atoms with van der Waals surface area (Å²) in [5.74, 6) is 2.08. The molecular weight excluding hydrogens is 380 g/mol. The fourth-order valence-electron chi connectivity index (χ4n) is 2.98. The number of H-pyrrole nitrogens is 1. The molecular formula is C22H22N6O2. The second-order valence-corrected chi connectivity index (χ2v) is 7.66. The Labute approximate surface area is 173 Å². The Balaban J connectivity index is 1.45. The minimum absolute atomic E-state index is 0.187. The quantitative estimate of drug-likeness (QED) is 0.510. The number of hydrogen-bond donors (Lipinski definition) is 2. The van der Waals surface area contributed by atoms with E-state index >= 15 is 0 Å². The van der Waals surface area contributed by atoms with Crippen molar-refractivity contribution in [3.63, 3.8) is 0 Å². The molecule has 4 aromatic rings. The highest BCUT2D eigenvalue weighted by Gasteiger charge is 2.26. The summed E-state index contributed by atoms with van der Waals surface area (Å²) in [4.78, 5) is 21.5. The average molecular weight is 402 g/mol. The van der Waals surface area contributed by atoms with Gasteiger partial charge in [0.25, 0.3) is 5.91 Å². The lowest BCUT2D eigenvalue weighted by molar-refractivity contribution is 0.0945. The predicted molar refractivity (Wildman–Crippen MR) is 112 cm³/mol. The van der Waals surface area contributed by atoms with Crippen LogP contribution < -0.4 is 5.32 Å². The minimum atomic E-state index is -0.432. The third-order valence-electron chi connectivity index (χ3n) is 4.76. The van der Waals surface area contributed by atoms with Gasteiger partial charge in [0.15, 0.2) is 5.82 Å². The SMILES string of the molecule is Cc1nc(-c2cccc(C(=O)NCC(C)(C)c3nc(-c4ccccc4)n[nH]3)c2)no1. The molecule has 0 spiro atoms. The maximum Gasteiger partial charge on any atom is 0.251 e. The van der Waals surface area contributed by atoms with E-state index in [1.807, 2.05) is 50.2 Å². The van der Waals surface area contributed by atoms with E-state index in [2.05, 4.69) is 30.6 Å². The molecule has 30 heavy (non-hydrogen) atoms. The summed E-state index contributed by atoms with van der Waals surface area (Å²) in [6.07, 6.45) is 0. The van der Waals surface area contributed by atoms with Crippen LogP contribution in [-0.2, 0) is 5.41 Å². The zero-order valence-corrected chi connectivity index (χ0v) is 17.0. The number of amides is 1. The zero-order chi connectivity index (χ0) is 21.1. The molecule has 2 aromatic carbocycles. The van der Waals surface area contributed by atoms with Crippen molar-refractivity contribution >= 4 is 5.91 Å². The molecule has 0 atom stereocenters. The maximum atomic E-state index is 12.7. The number of nitrogens with one attached hydrogen (secondary N) is 2. The lowest BCUT2D eigenvalue weighted by Crippen LogP contribution is -2.37. The minimum Gasteiger partial charge on any atom is -0.351 e. The van der Waals surface area contributed by atoms with Gasteiger partial charge in [-0.3, -0.25) is 9.89 Å². The van der Waals surface area contributed by atoms with Crippen LogP contribution >= 0.6 is 0 Å². The molecule has 0 unspecified atom stereocenters. The highest BCUT2D eigenvalue weighted by molar-refractivity contribution is 5.95. The van der Waals surface area contributed by atoms with Crippen molar-refractivity contribution < 1.29 is 9.32 Å². The first kappa shape index (κ1) is 19.5. The fourth-order valence-corrected chi connectivity index (χ4v) is 2.98. The van der Waals surface area contributed by atoms with Crippen LogP contribution in [-0.4, -0.2) is 37.8 Å². The number of benzene rings is 2. The summed E-state index contributed by atoms with van der Waals surface area (Å²) in [5, 5.41) is 14.2. The molecule has 0 saturated heterocycles. The van der Waals surface area contributed by atoms with Gasteiger partial charge in [0.1, 0.15) is 5.82 Å². The van der Waals surface area contributed by atoms with Crippen LogP contribution in [0, 0.1) is 6.92 Å². The molecule has 8 nitrogen and oxygen atoms in total. The molecule has 0 aliphatic carbocycles. The van der Waals surface area contributed by atoms with E-state index in [1.54, 1.807) is 25.1 Å². The van der Waals surface area contributed by atoms with Crippen LogP contribution in [0.1, 0.15) is 35.9 Å². The van der Waals surface area contributed by atoms with Crippen molar-refractivity contribution in [1.29, 1.82) is 0 Å². The van der Waals surface area contributed by atoms with Gasteiger partial charge in [-0.25, -0.2) is 4.98 Å². The number of rotatable bonds is 6. The third kappa shape index (κ3) is 4.12. The number of carbonyl (C=O) groups excluding carboxylic acids is 1. The molecule has 1 amide bonds. The summed E-state index contributed by atoms with van der Waals surface area (Å²) < 4.78 is 5.02. The van der Waals surface area contributed by atoms with Gasteiger partial charge in [0, 0.05) is 35.6 Å². The lowest BCUT2D eigenvalue weighted by Gasteiger charge is -2.22. The monoisotopic (exact) mass is 402 g/mol. The Kier molecular flexibility index (Phi) is 5.14. The number of aryl methyl sites for hydroxylation is 1. The van der Waals surface area contributed by atoms with Crippen LogP contribution in [0.4, 0.5) is 0 Å². The van der Waals surface area contributed by atoms with Crippen LogP contribution in [0.25, 0.3) is 22.8 Å². The second kappa shape index (κ2) is 7.90. The summed E-state index contributed by atoms with van der Waals surface area (Å²) in [5.41, 5.74) is 1.75. The highest BCUT2D eigenvalue weighted by atomic mass is 16.5. The molecule has 152 valence electrons. The Morgan fingerprint density at radius 1 is 1.03 bits per heavy atom. The van der Waals surface area contributed by atoms with Gasteiger partial charge in [-0.2, -0.15) is 10.1 Å². The summed E-state index contributed by atoms with van der Waals surface area (Å²) in [7, 11) is 0. The van der Waals surface area contributed by atoms with Gasteiger partial charge in [0.2, 0.25) is 11.7 Å². The smallest absolute Gasteiger partial charge is 0.251 e. The van der Waals surface area contributed by atoms with Crippen LogP contribution in [0.15, 0.2) is 59.1 Å².